The molecule has 11 nitrogen and oxygen atoms in total. The Bertz CT molecular complexity index is 1480. The Kier molecular flexibility index (Phi) is 6.27. The summed E-state index contributed by atoms with van der Waals surface area (Å²) < 4.78 is 17.2. The summed E-state index contributed by atoms with van der Waals surface area (Å²) in [6.07, 6.45) is 0. The molecule has 0 bridgehead atoms. The Balaban J connectivity index is 1.66. The van der Waals surface area contributed by atoms with Crippen molar-refractivity contribution in [3.63, 3.8) is 0 Å². The summed E-state index contributed by atoms with van der Waals surface area (Å²) in [6.45, 7) is 0. The van der Waals surface area contributed by atoms with E-state index in [9.17, 15) is 24.5 Å². The number of halogens is 1. The van der Waals surface area contributed by atoms with E-state index >= 15 is 0 Å². The van der Waals surface area contributed by atoms with Crippen molar-refractivity contribution in [3.8, 4) is 17.2 Å². The van der Waals surface area contributed by atoms with E-state index in [0.29, 0.717) is 28.5 Å². The number of amides is 3. The molecule has 0 aromatic heterocycles. The lowest BCUT2D eigenvalue weighted by atomic mass is 9.86. The van der Waals surface area contributed by atoms with Crippen molar-refractivity contribution in [1.82, 2.24) is 4.90 Å². The molecule has 0 radical (unpaired) electrons. The van der Waals surface area contributed by atoms with Crippen LogP contribution < -0.4 is 19.1 Å². The zero-order valence-electron chi connectivity index (χ0n) is 20.3. The third kappa shape index (κ3) is 3.67. The first-order chi connectivity index (χ1) is 18.2. The molecule has 0 aliphatic carbocycles. The second kappa shape index (κ2) is 9.45. The Morgan fingerprint density at radius 3 is 2.03 bits per heavy atom. The van der Waals surface area contributed by atoms with Gasteiger partial charge in [-0.2, -0.15) is 0 Å². The van der Waals surface area contributed by atoms with Gasteiger partial charge >= 0.3 is 0 Å². The van der Waals surface area contributed by atoms with Gasteiger partial charge in [-0.25, -0.2) is 0 Å². The summed E-state index contributed by atoms with van der Waals surface area (Å²) in [5.41, 5.74) is 0.0712. The summed E-state index contributed by atoms with van der Waals surface area (Å²) in [5, 5.41) is 11.6. The number of fused-ring (bicyclic) bond motifs is 1. The number of nitro groups is 1. The number of imide groups is 1. The molecule has 3 amide bonds. The first-order valence-electron chi connectivity index (χ1n) is 11.3. The molecule has 0 unspecified atom stereocenters. The van der Waals surface area contributed by atoms with E-state index in [-0.39, 0.29) is 11.1 Å². The van der Waals surface area contributed by atoms with Gasteiger partial charge in [0.15, 0.2) is 11.5 Å². The molecular formula is C26H20BrN3O8. The van der Waals surface area contributed by atoms with E-state index in [1.807, 2.05) is 0 Å². The maximum Gasteiger partial charge on any atom is 0.282 e. The Labute approximate surface area is 224 Å². The van der Waals surface area contributed by atoms with Gasteiger partial charge < -0.3 is 19.1 Å². The molecule has 0 N–H and O–H groups in total. The molecule has 0 spiro atoms. The van der Waals surface area contributed by atoms with Crippen molar-refractivity contribution in [2.24, 2.45) is 0 Å². The second-order valence-corrected chi connectivity index (χ2v) is 9.39. The number of hydrogen-bond acceptors (Lipinski definition) is 8. The quantitative estimate of drug-likeness (QED) is 0.176. The van der Waals surface area contributed by atoms with Gasteiger partial charge in [0, 0.05) is 16.2 Å². The van der Waals surface area contributed by atoms with Gasteiger partial charge in [-0.1, -0.05) is 22.0 Å². The zero-order chi connectivity index (χ0) is 27.3. The number of hydrogen-bond donors (Lipinski definition) is 0. The number of β-lactam (4-membered cyclic amide) rings is 1. The van der Waals surface area contributed by atoms with Gasteiger partial charge in [0.25, 0.3) is 23.4 Å². The first kappa shape index (κ1) is 25.2. The van der Waals surface area contributed by atoms with Crippen LogP contribution in [0.15, 0.2) is 59.1 Å². The zero-order valence-corrected chi connectivity index (χ0v) is 21.9. The molecule has 2 atom stereocenters. The predicted molar refractivity (Wildman–Crippen MR) is 138 cm³/mol. The summed E-state index contributed by atoms with van der Waals surface area (Å²) in [5.74, 6) is -1.25. The van der Waals surface area contributed by atoms with Gasteiger partial charge in [0.05, 0.1) is 37.9 Å². The SMILES string of the molecule is COc1cc([C@@H]2[C@@H](N3C(=O)c4cccc([N+](=O)[O-])c4C3=O)C(=O)N2c2ccc(Br)cc2)cc(OC)c1OC. The highest BCUT2D eigenvalue weighted by Gasteiger charge is 2.58. The molecule has 3 aromatic carbocycles. The minimum absolute atomic E-state index is 0.122. The van der Waals surface area contributed by atoms with E-state index in [4.69, 9.17) is 14.2 Å². The van der Waals surface area contributed by atoms with E-state index < -0.39 is 40.4 Å². The van der Waals surface area contributed by atoms with Gasteiger partial charge in [-0.05, 0) is 48.0 Å². The van der Waals surface area contributed by atoms with Gasteiger partial charge in [0.2, 0.25) is 5.75 Å². The minimum atomic E-state index is -1.27. The molecule has 2 heterocycles. The third-order valence-corrected chi connectivity index (χ3v) is 7.13. The summed E-state index contributed by atoms with van der Waals surface area (Å²) in [4.78, 5) is 53.7. The lowest BCUT2D eigenvalue weighted by Gasteiger charge is -2.49. The van der Waals surface area contributed by atoms with Crippen LogP contribution in [0.4, 0.5) is 11.4 Å². The maximum atomic E-state index is 13.7. The van der Waals surface area contributed by atoms with Crippen LogP contribution in [0, 0.1) is 10.1 Å². The lowest BCUT2D eigenvalue weighted by molar-refractivity contribution is -0.385. The van der Waals surface area contributed by atoms with E-state index in [0.717, 1.165) is 15.4 Å². The summed E-state index contributed by atoms with van der Waals surface area (Å²) in [7, 11) is 4.34. The number of methoxy groups -OCH3 is 3. The average molecular weight is 582 g/mol. The molecule has 5 rings (SSSR count). The summed E-state index contributed by atoms with van der Waals surface area (Å²) >= 11 is 3.38. The Morgan fingerprint density at radius 1 is 0.842 bits per heavy atom. The fourth-order valence-corrected chi connectivity index (χ4v) is 5.17. The maximum absolute atomic E-state index is 13.7. The number of anilines is 1. The average Bonchev–Trinajstić information content (AvgIpc) is 3.16. The van der Waals surface area contributed by atoms with Crippen molar-refractivity contribution in [2.45, 2.75) is 12.1 Å². The molecular weight excluding hydrogens is 562 g/mol. The monoisotopic (exact) mass is 581 g/mol. The highest BCUT2D eigenvalue weighted by Crippen LogP contribution is 2.48. The van der Waals surface area contributed by atoms with Crippen LogP contribution in [0.25, 0.3) is 0 Å². The molecule has 194 valence electrons. The van der Waals surface area contributed by atoms with E-state index in [1.54, 1.807) is 36.4 Å². The molecule has 12 heteroatoms. The largest absolute Gasteiger partial charge is 0.493 e. The molecule has 0 saturated carbocycles. The van der Waals surface area contributed by atoms with Crippen molar-refractivity contribution in [2.75, 3.05) is 26.2 Å². The van der Waals surface area contributed by atoms with Crippen LogP contribution in [-0.4, -0.2) is 54.9 Å². The van der Waals surface area contributed by atoms with Crippen LogP contribution in [0.1, 0.15) is 32.3 Å². The minimum Gasteiger partial charge on any atom is -0.493 e. The molecule has 38 heavy (non-hydrogen) atoms. The van der Waals surface area contributed by atoms with Crippen LogP contribution in [0.3, 0.4) is 0 Å². The topological polar surface area (TPSA) is 129 Å². The number of carbonyl (C=O) groups is 3. The normalized spacial score (nSPS) is 18.3. The molecule has 3 aromatic rings. The highest BCUT2D eigenvalue weighted by molar-refractivity contribution is 9.10. The fourth-order valence-electron chi connectivity index (χ4n) is 4.91. The van der Waals surface area contributed by atoms with E-state index in [2.05, 4.69) is 15.9 Å². The van der Waals surface area contributed by atoms with Crippen LogP contribution in [-0.2, 0) is 4.79 Å². The third-order valence-electron chi connectivity index (χ3n) is 6.60. The number of nitro benzene ring substituents is 1. The van der Waals surface area contributed by atoms with Crippen LogP contribution in [0.5, 0.6) is 17.2 Å². The first-order valence-corrected chi connectivity index (χ1v) is 12.1. The number of ether oxygens (including phenoxy) is 3. The van der Waals surface area contributed by atoms with Gasteiger partial charge in [-0.15, -0.1) is 0 Å². The van der Waals surface area contributed by atoms with Crippen LogP contribution in [0.2, 0.25) is 0 Å². The van der Waals surface area contributed by atoms with Crippen molar-refractivity contribution >= 4 is 45.0 Å². The van der Waals surface area contributed by atoms with Crippen molar-refractivity contribution < 1.29 is 33.5 Å². The lowest BCUT2D eigenvalue weighted by Crippen LogP contribution is -2.67. The number of rotatable bonds is 7. The van der Waals surface area contributed by atoms with Gasteiger partial charge in [0.1, 0.15) is 11.6 Å². The molecule has 2 aliphatic heterocycles. The molecule has 1 saturated heterocycles. The van der Waals surface area contributed by atoms with E-state index in [1.165, 1.54) is 38.4 Å². The number of benzene rings is 3. The Hall–Kier alpha value is -4.45. The molecule has 1 fully saturated rings. The van der Waals surface area contributed by atoms with Crippen molar-refractivity contribution in [1.29, 1.82) is 0 Å². The second-order valence-electron chi connectivity index (χ2n) is 8.47. The Morgan fingerprint density at radius 2 is 1.47 bits per heavy atom. The molecule has 2 aliphatic rings. The standard InChI is InChI=1S/C26H20BrN3O8/c1-36-18-11-13(12-19(37-2)23(18)38-3)21-22(26(33)28(21)15-9-7-14(27)8-10-15)29-24(31)16-5-4-6-17(30(34)35)20(16)25(29)32/h4-12,21-22H,1-3H3/t21-,22-/m1/s1. The van der Waals surface area contributed by atoms with Crippen molar-refractivity contribution in [3.05, 3.63) is 85.9 Å². The number of carbonyl (C=O) groups excluding carboxylic acids is 3. The number of nitrogens with zero attached hydrogens (tertiary/aromatic N) is 3. The smallest absolute Gasteiger partial charge is 0.282 e. The fraction of sp³-hybridized carbons (Fsp3) is 0.192. The van der Waals surface area contributed by atoms with Crippen LogP contribution >= 0.6 is 15.9 Å². The highest BCUT2D eigenvalue weighted by atomic mass is 79.9. The van der Waals surface area contributed by atoms with Gasteiger partial charge in [-0.3, -0.25) is 29.4 Å². The summed E-state index contributed by atoms with van der Waals surface area (Å²) in [6, 6.07) is 11.9. The predicted octanol–water partition coefficient (Wildman–Crippen LogP) is 4.14.